The monoisotopic (exact) mass is 241 g/mol. The van der Waals surface area contributed by atoms with E-state index in [1.54, 1.807) is 0 Å². The second kappa shape index (κ2) is 5.36. The summed E-state index contributed by atoms with van der Waals surface area (Å²) < 4.78 is 5.39. The highest BCUT2D eigenvalue weighted by molar-refractivity contribution is 5.72. The Balaban J connectivity index is 2.04. The maximum atomic E-state index is 11.4. The highest BCUT2D eigenvalue weighted by Crippen LogP contribution is 2.44. The van der Waals surface area contributed by atoms with E-state index < -0.39 is 5.97 Å². The first-order chi connectivity index (χ1) is 8.18. The third kappa shape index (κ3) is 2.63. The molecular formula is C13H23NO3. The minimum absolute atomic E-state index is 0.0160. The van der Waals surface area contributed by atoms with Crippen LogP contribution >= 0.6 is 0 Å². The van der Waals surface area contributed by atoms with Gasteiger partial charge in [0, 0.05) is 31.7 Å². The molecule has 0 amide bonds. The molecule has 0 saturated carbocycles. The highest BCUT2D eigenvalue weighted by Gasteiger charge is 2.50. The minimum atomic E-state index is -0.620. The van der Waals surface area contributed by atoms with Crippen LogP contribution in [0, 0.1) is 11.3 Å². The molecule has 4 nitrogen and oxygen atoms in total. The van der Waals surface area contributed by atoms with Crippen LogP contribution in [0.2, 0.25) is 0 Å². The number of likely N-dealkylation sites (tertiary alicyclic amines) is 1. The van der Waals surface area contributed by atoms with E-state index in [0.717, 1.165) is 45.7 Å². The maximum absolute atomic E-state index is 11.4. The zero-order valence-corrected chi connectivity index (χ0v) is 10.7. The zero-order valence-electron chi connectivity index (χ0n) is 10.7. The molecule has 0 aliphatic carbocycles. The van der Waals surface area contributed by atoms with Crippen molar-refractivity contribution in [3.63, 3.8) is 0 Å². The van der Waals surface area contributed by atoms with Crippen LogP contribution in [0.1, 0.15) is 32.6 Å². The summed E-state index contributed by atoms with van der Waals surface area (Å²) >= 11 is 0. The van der Waals surface area contributed by atoms with Gasteiger partial charge < -0.3 is 14.7 Å². The minimum Gasteiger partial charge on any atom is -0.481 e. The lowest BCUT2D eigenvalue weighted by Gasteiger charge is -2.36. The predicted molar refractivity (Wildman–Crippen MR) is 65.0 cm³/mol. The van der Waals surface area contributed by atoms with Gasteiger partial charge in [0.2, 0.25) is 0 Å². The molecule has 98 valence electrons. The highest BCUT2D eigenvalue weighted by atomic mass is 16.5. The fraction of sp³-hybridized carbons (Fsp3) is 0.923. The Morgan fingerprint density at radius 3 is 2.76 bits per heavy atom. The van der Waals surface area contributed by atoms with Gasteiger partial charge in [-0.3, -0.25) is 4.79 Å². The van der Waals surface area contributed by atoms with Crippen LogP contribution in [-0.2, 0) is 9.53 Å². The number of carbonyl (C=O) groups is 1. The molecule has 0 aromatic carbocycles. The number of hydrogen-bond acceptors (Lipinski definition) is 3. The number of aliphatic carboxylic acids is 1. The molecule has 1 spiro atoms. The number of ether oxygens (including phenoxy) is 1. The smallest absolute Gasteiger partial charge is 0.308 e. The first-order valence-corrected chi connectivity index (χ1v) is 6.71. The quantitative estimate of drug-likeness (QED) is 0.812. The van der Waals surface area contributed by atoms with E-state index >= 15 is 0 Å². The van der Waals surface area contributed by atoms with Crippen LogP contribution in [0.3, 0.4) is 0 Å². The summed E-state index contributed by atoms with van der Waals surface area (Å²) in [6.07, 6.45) is 4.16. The zero-order chi connectivity index (χ0) is 12.3. The summed E-state index contributed by atoms with van der Waals surface area (Å²) in [6, 6.07) is 0. The number of carboxylic acids is 1. The molecule has 0 bridgehead atoms. The van der Waals surface area contributed by atoms with E-state index in [9.17, 15) is 9.90 Å². The van der Waals surface area contributed by atoms with Gasteiger partial charge in [-0.1, -0.05) is 13.3 Å². The van der Waals surface area contributed by atoms with Crippen LogP contribution in [0.15, 0.2) is 0 Å². The molecule has 0 unspecified atom stereocenters. The fourth-order valence-corrected chi connectivity index (χ4v) is 3.25. The van der Waals surface area contributed by atoms with Crippen LogP contribution in [-0.4, -0.2) is 48.8 Å². The molecule has 2 fully saturated rings. The van der Waals surface area contributed by atoms with Gasteiger partial charge in [0.1, 0.15) is 0 Å². The Kier molecular flexibility index (Phi) is 4.05. The number of rotatable bonds is 4. The average molecular weight is 241 g/mol. The van der Waals surface area contributed by atoms with E-state index in [-0.39, 0.29) is 11.3 Å². The third-order valence-corrected chi connectivity index (χ3v) is 4.33. The molecule has 17 heavy (non-hydrogen) atoms. The molecule has 1 N–H and O–H groups in total. The summed E-state index contributed by atoms with van der Waals surface area (Å²) in [5.74, 6) is -0.811. The van der Waals surface area contributed by atoms with Crippen LogP contribution in [0.25, 0.3) is 0 Å². The molecule has 0 aromatic heterocycles. The topological polar surface area (TPSA) is 49.8 Å². The van der Waals surface area contributed by atoms with Gasteiger partial charge in [0.25, 0.3) is 0 Å². The summed E-state index contributed by atoms with van der Waals surface area (Å²) in [5, 5.41) is 9.41. The van der Waals surface area contributed by atoms with Gasteiger partial charge in [-0.2, -0.15) is 0 Å². The molecular weight excluding hydrogens is 218 g/mol. The lowest BCUT2D eigenvalue weighted by Crippen LogP contribution is -2.40. The number of nitrogens with zero attached hydrogens (tertiary/aromatic N) is 1. The van der Waals surface area contributed by atoms with Crippen molar-refractivity contribution >= 4 is 5.97 Å². The molecule has 1 atom stereocenters. The first-order valence-electron chi connectivity index (χ1n) is 6.71. The Morgan fingerprint density at radius 2 is 2.18 bits per heavy atom. The maximum Gasteiger partial charge on any atom is 0.308 e. The molecule has 0 radical (unpaired) electrons. The van der Waals surface area contributed by atoms with Gasteiger partial charge in [-0.25, -0.2) is 0 Å². The second-order valence-corrected chi connectivity index (χ2v) is 5.45. The summed E-state index contributed by atoms with van der Waals surface area (Å²) in [6.45, 7) is 6.36. The van der Waals surface area contributed by atoms with Crippen molar-refractivity contribution in [3.05, 3.63) is 0 Å². The van der Waals surface area contributed by atoms with E-state index in [2.05, 4.69) is 11.8 Å². The number of carboxylic acid groups (broad SMARTS) is 1. The standard InChI is InChI=1S/C13H23NO3/c1-2-3-6-14-9-11(12(15)16)13(10-14)4-7-17-8-5-13/h11H,2-10H2,1H3,(H,15,16)/t11-/m0/s1. The van der Waals surface area contributed by atoms with Gasteiger partial charge in [-0.15, -0.1) is 0 Å². The SMILES string of the molecule is CCCCN1C[C@@H](C(=O)O)C2(CCOCC2)C1. The molecule has 2 heterocycles. The van der Waals surface area contributed by atoms with E-state index in [1.165, 1.54) is 12.8 Å². The number of hydrogen-bond donors (Lipinski definition) is 1. The van der Waals surface area contributed by atoms with Crippen LogP contribution < -0.4 is 0 Å². The van der Waals surface area contributed by atoms with Gasteiger partial charge in [0.05, 0.1) is 5.92 Å². The number of unbranched alkanes of at least 4 members (excludes halogenated alkanes) is 1. The summed E-state index contributed by atoms with van der Waals surface area (Å²) in [4.78, 5) is 13.8. The van der Waals surface area contributed by atoms with Crippen molar-refractivity contribution in [1.82, 2.24) is 4.90 Å². The van der Waals surface area contributed by atoms with E-state index in [4.69, 9.17) is 4.74 Å². The van der Waals surface area contributed by atoms with E-state index in [0.29, 0.717) is 0 Å². The molecule has 2 aliphatic heterocycles. The molecule has 4 heteroatoms. The van der Waals surface area contributed by atoms with Gasteiger partial charge in [0.15, 0.2) is 0 Å². The Hall–Kier alpha value is -0.610. The third-order valence-electron chi connectivity index (χ3n) is 4.33. The van der Waals surface area contributed by atoms with E-state index in [1.807, 2.05) is 0 Å². The lowest BCUT2D eigenvalue weighted by molar-refractivity contribution is -0.146. The lowest BCUT2D eigenvalue weighted by atomic mass is 9.72. The summed E-state index contributed by atoms with van der Waals surface area (Å²) in [7, 11) is 0. The Bertz CT molecular complexity index is 274. The second-order valence-electron chi connectivity index (χ2n) is 5.45. The fourth-order valence-electron chi connectivity index (χ4n) is 3.25. The molecule has 2 aliphatic rings. The predicted octanol–water partition coefficient (Wildman–Crippen LogP) is 1.60. The van der Waals surface area contributed by atoms with Crippen molar-refractivity contribution in [2.24, 2.45) is 11.3 Å². The van der Waals surface area contributed by atoms with Crippen molar-refractivity contribution in [2.75, 3.05) is 32.8 Å². The van der Waals surface area contributed by atoms with Gasteiger partial charge >= 0.3 is 5.97 Å². The van der Waals surface area contributed by atoms with Gasteiger partial charge in [-0.05, 0) is 25.8 Å². The van der Waals surface area contributed by atoms with Crippen LogP contribution in [0.4, 0.5) is 0 Å². The van der Waals surface area contributed by atoms with Crippen molar-refractivity contribution in [3.8, 4) is 0 Å². The normalized spacial score (nSPS) is 28.6. The van der Waals surface area contributed by atoms with Crippen molar-refractivity contribution in [2.45, 2.75) is 32.6 Å². The van der Waals surface area contributed by atoms with Crippen molar-refractivity contribution < 1.29 is 14.6 Å². The molecule has 2 saturated heterocycles. The average Bonchev–Trinajstić information content (AvgIpc) is 2.66. The van der Waals surface area contributed by atoms with Crippen LogP contribution in [0.5, 0.6) is 0 Å². The molecule has 0 aromatic rings. The summed E-state index contributed by atoms with van der Waals surface area (Å²) in [5.41, 5.74) is -0.0160. The molecule has 2 rings (SSSR count). The first kappa shape index (κ1) is 12.8. The van der Waals surface area contributed by atoms with Crippen molar-refractivity contribution in [1.29, 1.82) is 0 Å². The Morgan fingerprint density at radius 1 is 1.47 bits per heavy atom. The largest absolute Gasteiger partial charge is 0.481 e. The Labute approximate surface area is 103 Å².